The van der Waals surface area contributed by atoms with E-state index in [0.717, 1.165) is 22.3 Å². The summed E-state index contributed by atoms with van der Waals surface area (Å²) in [5.74, 6) is 0.441. The molecule has 0 aliphatic carbocycles. The predicted molar refractivity (Wildman–Crippen MR) is 156 cm³/mol. The van der Waals surface area contributed by atoms with Crippen molar-refractivity contribution >= 4 is 46.0 Å². The van der Waals surface area contributed by atoms with Crippen LogP contribution in [0.3, 0.4) is 0 Å². The van der Waals surface area contributed by atoms with Gasteiger partial charge in [0.25, 0.3) is 5.91 Å². The molecule has 0 unspecified atom stereocenters. The Morgan fingerprint density at radius 3 is 2.44 bits per heavy atom. The van der Waals surface area contributed by atoms with Crippen molar-refractivity contribution < 1.29 is 14.3 Å². The number of fused-ring (bicyclic) bond motifs is 1. The highest BCUT2D eigenvalue weighted by atomic mass is 35.5. The number of piperazine rings is 1. The molecule has 0 saturated carbocycles. The average Bonchev–Trinajstić information content (AvgIpc) is 3.33. The average molecular weight is 546 g/mol. The highest BCUT2D eigenvalue weighted by Crippen LogP contribution is 2.31. The van der Waals surface area contributed by atoms with Gasteiger partial charge < -0.3 is 24.8 Å². The van der Waals surface area contributed by atoms with E-state index >= 15 is 0 Å². The number of nitrogens with zero attached hydrogens (tertiary/aromatic N) is 3. The number of aryl methyl sites for hydroxylation is 1. The number of H-pyrrole nitrogens is 1. The van der Waals surface area contributed by atoms with Crippen molar-refractivity contribution in [1.29, 1.82) is 0 Å². The van der Waals surface area contributed by atoms with Crippen LogP contribution in [-0.4, -0.2) is 58.6 Å². The standard InChI is InChI=1S/C30H32ClN5O3/c1-19-17-21(35-13-15-36(16-14-35)29(38)39-30(2,3)4)10-11-22(19)28(37)32-20-9-12-24(31)23(18-20)27-33-25-7-5-6-8-26(25)34-27/h5-12,17-18H,13-16H2,1-4H3,(H,32,37)(H,33,34). The van der Waals surface area contributed by atoms with Crippen molar-refractivity contribution in [3.63, 3.8) is 0 Å². The van der Waals surface area contributed by atoms with Crippen molar-refractivity contribution in [3.05, 3.63) is 76.8 Å². The van der Waals surface area contributed by atoms with Gasteiger partial charge in [0.05, 0.1) is 16.1 Å². The van der Waals surface area contributed by atoms with Crippen LogP contribution in [0.1, 0.15) is 36.7 Å². The van der Waals surface area contributed by atoms with Crippen LogP contribution in [0, 0.1) is 6.92 Å². The molecule has 0 spiro atoms. The first-order valence-corrected chi connectivity index (χ1v) is 13.3. The summed E-state index contributed by atoms with van der Waals surface area (Å²) in [6.07, 6.45) is -0.281. The fraction of sp³-hybridized carbons (Fsp3) is 0.300. The number of para-hydroxylation sites is 2. The smallest absolute Gasteiger partial charge is 0.410 e. The van der Waals surface area contributed by atoms with E-state index in [1.165, 1.54) is 0 Å². The lowest BCUT2D eigenvalue weighted by atomic mass is 10.1. The van der Waals surface area contributed by atoms with E-state index in [-0.39, 0.29) is 12.0 Å². The highest BCUT2D eigenvalue weighted by Gasteiger charge is 2.26. The lowest BCUT2D eigenvalue weighted by molar-refractivity contribution is 0.0240. The SMILES string of the molecule is Cc1cc(N2CCN(C(=O)OC(C)(C)C)CC2)ccc1C(=O)Nc1ccc(Cl)c(-c2nc3ccccc3[nH]2)c1. The Kier molecular flexibility index (Phi) is 7.23. The number of carbonyl (C=O) groups is 2. The van der Waals surface area contributed by atoms with E-state index in [1.54, 1.807) is 17.0 Å². The lowest BCUT2D eigenvalue weighted by Crippen LogP contribution is -2.50. The van der Waals surface area contributed by atoms with Gasteiger partial charge in [0.2, 0.25) is 0 Å². The summed E-state index contributed by atoms with van der Waals surface area (Å²) in [5.41, 5.74) is 5.07. The number of imidazole rings is 1. The highest BCUT2D eigenvalue weighted by molar-refractivity contribution is 6.33. The van der Waals surface area contributed by atoms with Gasteiger partial charge in [0.1, 0.15) is 11.4 Å². The van der Waals surface area contributed by atoms with Crippen molar-refractivity contribution in [2.75, 3.05) is 36.4 Å². The summed E-state index contributed by atoms with van der Waals surface area (Å²) in [7, 11) is 0. The second-order valence-corrected chi connectivity index (χ2v) is 11.1. The van der Waals surface area contributed by atoms with Crippen molar-refractivity contribution in [2.24, 2.45) is 0 Å². The van der Waals surface area contributed by atoms with E-state index in [1.807, 2.05) is 76.2 Å². The molecule has 2 amide bonds. The Balaban J connectivity index is 1.26. The zero-order valence-corrected chi connectivity index (χ0v) is 23.3. The number of ether oxygens (including phenoxy) is 1. The number of carbonyl (C=O) groups excluding carboxylic acids is 2. The van der Waals surface area contributed by atoms with E-state index in [9.17, 15) is 9.59 Å². The molecule has 0 radical (unpaired) electrons. The number of hydrogen-bond donors (Lipinski definition) is 2. The van der Waals surface area contributed by atoms with Gasteiger partial charge in [-0.2, -0.15) is 0 Å². The topological polar surface area (TPSA) is 90.6 Å². The Morgan fingerprint density at radius 2 is 1.74 bits per heavy atom. The maximum Gasteiger partial charge on any atom is 0.410 e. The number of hydrogen-bond acceptors (Lipinski definition) is 5. The van der Waals surface area contributed by atoms with Crippen molar-refractivity contribution in [1.82, 2.24) is 14.9 Å². The second kappa shape index (κ2) is 10.6. The molecular formula is C30H32ClN5O3. The maximum atomic E-state index is 13.2. The molecule has 0 bridgehead atoms. The van der Waals surface area contributed by atoms with Crippen LogP contribution in [0.25, 0.3) is 22.4 Å². The number of nitrogens with one attached hydrogen (secondary N) is 2. The van der Waals surface area contributed by atoms with Gasteiger partial charge in [-0.15, -0.1) is 0 Å². The normalized spacial score (nSPS) is 14.0. The number of anilines is 2. The van der Waals surface area contributed by atoms with E-state index in [0.29, 0.717) is 53.8 Å². The molecule has 3 aromatic carbocycles. The fourth-order valence-corrected chi connectivity index (χ4v) is 4.84. The zero-order chi connectivity index (χ0) is 27.7. The Hall–Kier alpha value is -4.04. The van der Waals surface area contributed by atoms with Crippen LogP contribution in [-0.2, 0) is 4.74 Å². The van der Waals surface area contributed by atoms with Crippen molar-refractivity contribution in [2.45, 2.75) is 33.3 Å². The first kappa shape index (κ1) is 26.6. The van der Waals surface area contributed by atoms with Crippen LogP contribution >= 0.6 is 11.6 Å². The first-order valence-electron chi connectivity index (χ1n) is 13.0. The monoisotopic (exact) mass is 545 g/mol. The minimum Gasteiger partial charge on any atom is -0.444 e. The van der Waals surface area contributed by atoms with Gasteiger partial charge in [-0.3, -0.25) is 4.79 Å². The first-order chi connectivity index (χ1) is 18.6. The molecular weight excluding hydrogens is 514 g/mol. The Morgan fingerprint density at radius 1 is 1.00 bits per heavy atom. The molecule has 1 aliphatic rings. The van der Waals surface area contributed by atoms with Gasteiger partial charge in [-0.25, -0.2) is 9.78 Å². The number of aromatic nitrogens is 2. The number of amides is 2. The van der Waals surface area contributed by atoms with Gasteiger partial charge in [-0.05, 0) is 81.8 Å². The molecule has 39 heavy (non-hydrogen) atoms. The van der Waals surface area contributed by atoms with Gasteiger partial charge >= 0.3 is 6.09 Å². The van der Waals surface area contributed by atoms with Gasteiger partial charge in [0.15, 0.2) is 0 Å². The third-order valence-corrected chi connectivity index (χ3v) is 6.95. The molecule has 2 heterocycles. The van der Waals surface area contributed by atoms with Crippen LogP contribution in [0.2, 0.25) is 5.02 Å². The molecule has 1 aliphatic heterocycles. The lowest BCUT2D eigenvalue weighted by Gasteiger charge is -2.37. The van der Waals surface area contributed by atoms with Gasteiger partial charge in [-0.1, -0.05) is 23.7 Å². The largest absolute Gasteiger partial charge is 0.444 e. The quantitative estimate of drug-likeness (QED) is 0.305. The summed E-state index contributed by atoms with van der Waals surface area (Å²) < 4.78 is 5.49. The molecule has 1 saturated heterocycles. The van der Waals surface area contributed by atoms with Crippen LogP contribution in [0.15, 0.2) is 60.7 Å². The number of benzene rings is 3. The predicted octanol–water partition coefficient (Wildman–Crippen LogP) is 6.50. The van der Waals surface area contributed by atoms with Gasteiger partial charge in [0, 0.05) is 48.7 Å². The molecule has 1 aromatic heterocycles. The number of aromatic amines is 1. The Bertz CT molecular complexity index is 1500. The molecule has 4 aromatic rings. The zero-order valence-electron chi connectivity index (χ0n) is 22.5. The van der Waals surface area contributed by atoms with E-state index < -0.39 is 5.60 Å². The third kappa shape index (κ3) is 6.01. The molecule has 9 heteroatoms. The molecule has 1 fully saturated rings. The third-order valence-electron chi connectivity index (χ3n) is 6.62. The summed E-state index contributed by atoms with van der Waals surface area (Å²) >= 11 is 6.48. The summed E-state index contributed by atoms with van der Waals surface area (Å²) in [6, 6.07) is 18.9. The minimum absolute atomic E-state index is 0.202. The van der Waals surface area contributed by atoms with Crippen LogP contribution in [0.4, 0.5) is 16.2 Å². The number of halogens is 1. The summed E-state index contributed by atoms with van der Waals surface area (Å²) in [4.78, 5) is 37.4. The fourth-order valence-electron chi connectivity index (χ4n) is 4.64. The van der Waals surface area contributed by atoms with E-state index in [4.69, 9.17) is 16.3 Å². The van der Waals surface area contributed by atoms with E-state index in [2.05, 4.69) is 20.2 Å². The second-order valence-electron chi connectivity index (χ2n) is 10.7. The molecule has 202 valence electrons. The molecule has 2 N–H and O–H groups in total. The molecule has 5 rings (SSSR count). The minimum atomic E-state index is -0.511. The van der Waals surface area contributed by atoms with Crippen molar-refractivity contribution in [3.8, 4) is 11.4 Å². The summed E-state index contributed by atoms with van der Waals surface area (Å²) in [5, 5.41) is 3.54. The van der Waals surface area contributed by atoms with Crippen LogP contribution in [0.5, 0.6) is 0 Å². The Labute approximate surface area is 232 Å². The number of rotatable bonds is 4. The van der Waals surface area contributed by atoms with Crippen LogP contribution < -0.4 is 10.2 Å². The molecule has 0 atom stereocenters. The maximum absolute atomic E-state index is 13.2. The summed E-state index contributed by atoms with van der Waals surface area (Å²) in [6.45, 7) is 10.1. The molecule has 8 nitrogen and oxygen atoms in total.